The summed E-state index contributed by atoms with van der Waals surface area (Å²) in [7, 11) is -1.18. The second kappa shape index (κ2) is 4.67. The summed E-state index contributed by atoms with van der Waals surface area (Å²) >= 11 is 0. The maximum Gasteiger partial charge on any atom is 0.138 e. The highest BCUT2D eigenvalue weighted by Gasteiger charge is 2.57. The first-order valence-electron chi connectivity index (χ1n) is 6.79. The van der Waals surface area contributed by atoms with Gasteiger partial charge < -0.3 is 4.74 Å². The minimum Gasteiger partial charge on any atom is -0.356 e. The Morgan fingerprint density at radius 1 is 1.17 bits per heavy atom. The third-order valence-corrected chi connectivity index (χ3v) is 4.52. The maximum absolute atomic E-state index is 6.08. The van der Waals surface area contributed by atoms with Gasteiger partial charge in [-0.1, -0.05) is 75.6 Å². The van der Waals surface area contributed by atoms with Crippen LogP contribution in [-0.2, 0) is 10.3 Å². The van der Waals surface area contributed by atoms with Crippen LogP contribution in [-0.4, -0.2) is 14.2 Å². The molecule has 1 nitrogen and oxygen atoms in total. The third kappa shape index (κ3) is 2.75. The number of epoxide rings is 1. The van der Waals surface area contributed by atoms with Crippen LogP contribution in [0.5, 0.6) is 0 Å². The lowest BCUT2D eigenvalue weighted by molar-refractivity contribution is 0.311. The van der Waals surface area contributed by atoms with E-state index in [1.165, 1.54) is 5.56 Å². The van der Waals surface area contributed by atoms with Crippen LogP contribution in [0, 0.1) is 5.92 Å². The van der Waals surface area contributed by atoms with Crippen LogP contribution in [0.4, 0.5) is 0 Å². The lowest BCUT2D eigenvalue weighted by atomic mass is 9.90. The van der Waals surface area contributed by atoms with Gasteiger partial charge in [-0.05, 0) is 11.5 Å². The third-order valence-electron chi connectivity index (χ3n) is 3.35. The second-order valence-electron chi connectivity index (χ2n) is 6.64. The zero-order valence-corrected chi connectivity index (χ0v) is 13.1. The van der Waals surface area contributed by atoms with E-state index >= 15 is 0 Å². The zero-order chi connectivity index (χ0) is 13.4. The topological polar surface area (TPSA) is 12.5 Å². The van der Waals surface area contributed by atoms with Crippen LogP contribution in [0.3, 0.4) is 0 Å². The van der Waals surface area contributed by atoms with Crippen molar-refractivity contribution in [3.63, 3.8) is 0 Å². The fraction of sp³-hybridized carbons (Fsp3) is 0.500. The van der Waals surface area contributed by atoms with Crippen molar-refractivity contribution in [2.45, 2.75) is 45.2 Å². The van der Waals surface area contributed by atoms with Crippen molar-refractivity contribution in [3.05, 3.63) is 47.7 Å². The summed E-state index contributed by atoms with van der Waals surface area (Å²) in [5.41, 5.74) is 3.54. The highest BCUT2D eigenvalue weighted by atomic mass is 28.3. The van der Waals surface area contributed by atoms with Crippen molar-refractivity contribution in [3.8, 4) is 0 Å². The smallest absolute Gasteiger partial charge is 0.138 e. The summed E-state index contributed by atoms with van der Waals surface area (Å²) in [4.78, 5) is 0. The SMILES string of the molecule is CC(C)C1OC1(C=C[Si](C)(C)C)c1ccccc1. The lowest BCUT2D eigenvalue weighted by Gasteiger charge is -2.14. The van der Waals surface area contributed by atoms with E-state index < -0.39 is 8.07 Å². The van der Waals surface area contributed by atoms with Gasteiger partial charge in [0, 0.05) is 0 Å². The van der Waals surface area contributed by atoms with Crippen LogP contribution in [0.15, 0.2) is 42.1 Å². The van der Waals surface area contributed by atoms with Crippen molar-refractivity contribution in [1.29, 1.82) is 0 Å². The van der Waals surface area contributed by atoms with Gasteiger partial charge in [0.25, 0.3) is 0 Å². The Kier molecular flexibility index (Phi) is 3.52. The molecule has 0 aliphatic carbocycles. The van der Waals surface area contributed by atoms with Crippen molar-refractivity contribution in [2.75, 3.05) is 0 Å². The molecular formula is C16H24OSi. The summed E-state index contributed by atoms with van der Waals surface area (Å²) in [5.74, 6) is 0.552. The van der Waals surface area contributed by atoms with Crippen molar-refractivity contribution in [1.82, 2.24) is 0 Å². The quantitative estimate of drug-likeness (QED) is 0.578. The Bertz CT molecular complexity index is 430. The standard InChI is InChI=1S/C16H24OSi/c1-13(2)15-16(17-15,11-12-18(3,4)5)14-9-7-6-8-10-14/h6-13,15H,1-5H3. The Morgan fingerprint density at radius 3 is 2.22 bits per heavy atom. The van der Waals surface area contributed by atoms with Gasteiger partial charge in [0.1, 0.15) is 5.60 Å². The van der Waals surface area contributed by atoms with Gasteiger partial charge in [-0.2, -0.15) is 0 Å². The molecule has 0 amide bonds. The maximum atomic E-state index is 6.08. The first kappa shape index (κ1) is 13.6. The number of rotatable bonds is 4. The Labute approximate surface area is 112 Å². The molecular weight excluding hydrogens is 236 g/mol. The summed E-state index contributed by atoms with van der Waals surface area (Å²) < 4.78 is 6.08. The predicted octanol–water partition coefficient (Wildman–Crippen LogP) is 4.37. The van der Waals surface area contributed by atoms with E-state index in [1.54, 1.807) is 0 Å². The molecule has 0 radical (unpaired) electrons. The molecule has 2 heteroatoms. The molecule has 0 bridgehead atoms. The normalized spacial score (nSPS) is 28.0. The Balaban J connectivity index is 2.31. The number of hydrogen-bond donors (Lipinski definition) is 0. The molecule has 1 fully saturated rings. The molecule has 1 aromatic rings. The first-order chi connectivity index (χ1) is 8.35. The van der Waals surface area contributed by atoms with Crippen molar-refractivity contribution < 1.29 is 4.74 Å². The monoisotopic (exact) mass is 260 g/mol. The summed E-state index contributed by atoms with van der Waals surface area (Å²) in [6.07, 6.45) is 2.65. The molecule has 18 heavy (non-hydrogen) atoms. The summed E-state index contributed by atoms with van der Waals surface area (Å²) in [5, 5.41) is 0. The van der Waals surface area contributed by atoms with Crippen LogP contribution in [0.2, 0.25) is 19.6 Å². The van der Waals surface area contributed by atoms with E-state index in [2.05, 4.69) is 75.6 Å². The highest BCUT2D eigenvalue weighted by Crippen LogP contribution is 2.51. The molecule has 0 aromatic heterocycles. The zero-order valence-electron chi connectivity index (χ0n) is 12.1. The molecule has 1 aliphatic rings. The van der Waals surface area contributed by atoms with E-state index in [4.69, 9.17) is 4.74 Å². The van der Waals surface area contributed by atoms with Crippen LogP contribution in [0.25, 0.3) is 0 Å². The predicted molar refractivity (Wildman–Crippen MR) is 80.3 cm³/mol. The average molecular weight is 260 g/mol. The van der Waals surface area contributed by atoms with Gasteiger partial charge in [-0.3, -0.25) is 0 Å². The van der Waals surface area contributed by atoms with E-state index in [0.29, 0.717) is 12.0 Å². The minimum absolute atomic E-state index is 0.157. The van der Waals surface area contributed by atoms with Gasteiger partial charge >= 0.3 is 0 Å². The van der Waals surface area contributed by atoms with Gasteiger partial charge in [-0.15, -0.1) is 0 Å². The lowest BCUT2D eigenvalue weighted by Crippen LogP contribution is -2.19. The van der Waals surface area contributed by atoms with Crippen LogP contribution in [0.1, 0.15) is 19.4 Å². The van der Waals surface area contributed by atoms with Gasteiger partial charge in [0.15, 0.2) is 0 Å². The first-order valence-corrected chi connectivity index (χ1v) is 10.4. The molecule has 1 aliphatic heterocycles. The molecule has 1 aromatic carbocycles. The fourth-order valence-electron chi connectivity index (χ4n) is 2.34. The number of ether oxygens (including phenoxy) is 1. The fourth-order valence-corrected chi connectivity index (χ4v) is 3.09. The van der Waals surface area contributed by atoms with Crippen LogP contribution < -0.4 is 0 Å². The van der Waals surface area contributed by atoms with Gasteiger partial charge in [-0.25, -0.2) is 0 Å². The largest absolute Gasteiger partial charge is 0.356 e. The Morgan fingerprint density at radius 2 is 1.78 bits per heavy atom. The molecule has 98 valence electrons. The Hall–Kier alpha value is -0.863. The van der Waals surface area contributed by atoms with Gasteiger partial charge in [0.05, 0.1) is 14.2 Å². The van der Waals surface area contributed by atoms with Crippen LogP contribution >= 0.6 is 0 Å². The number of benzene rings is 1. The highest BCUT2D eigenvalue weighted by molar-refractivity contribution is 6.80. The van der Waals surface area contributed by atoms with E-state index in [9.17, 15) is 0 Å². The minimum atomic E-state index is -1.18. The molecule has 0 spiro atoms. The molecule has 2 rings (SSSR count). The molecule has 2 atom stereocenters. The molecule has 2 unspecified atom stereocenters. The molecule has 0 saturated carbocycles. The van der Waals surface area contributed by atoms with Crippen molar-refractivity contribution in [2.24, 2.45) is 5.92 Å². The summed E-state index contributed by atoms with van der Waals surface area (Å²) in [6.45, 7) is 11.5. The van der Waals surface area contributed by atoms with Gasteiger partial charge in [0.2, 0.25) is 0 Å². The van der Waals surface area contributed by atoms with E-state index in [-0.39, 0.29) is 5.60 Å². The molecule has 1 heterocycles. The van der Waals surface area contributed by atoms with Crippen molar-refractivity contribution >= 4 is 8.07 Å². The summed E-state index contributed by atoms with van der Waals surface area (Å²) in [6, 6.07) is 10.6. The van der Waals surface area contributed by atoms with E-state index in [1.807, 2.05) is 0 Å². The molecule has 0 N–H and O–H groups in total. The molecule has 1 saturated heterocycles. The number of hydrogen-bond acceptors (Lipinski definition) is 1. The van der Waals surface area contributed by atoms with E-state index in [0.717, 1.165) is 0 Å². The second-order valence-corrected chi connectivity index (χ2v) is 11.7. The average Bonchev–Trinajstić information content (AvgIpc) is 3.03.